The second kappa shape index (κ2) is 5.86. The number of methoxy groups -OCH3 is 1. The lowest BCUT2D eigenvalue weighted by atomic mass is 9.58. The molecule has 2 heteroatoms. The standard InChI is InChI=1S/C13H27NO/c1-5-8-9-14-11-10-12(15-4)13(11,6-2)7-3/h11-12,14H,5-10H2,1-4H3. The van der Waals surface area contributed by atoms with Crippen molar-refractivity contribution in [2.75, 3.05) is 13.7 Å². The minimum atomic E-state index is 0.405. The van der Waals surface area contributed by atoms with Crippen molar-refractivity contribution in [3.05, 3.63) is 0 Å². The van der Waals surface area contributed by atoms with E-state index in [9.17, 15) is 0 Å². The Hall–Kier alpha value is -0.0800. The van der Waals surface area contributed by atoms with Gasteiger partial charge in [0.15, 0.2) is 0 Å². The average molecular weight is 213 g/mol. The minimum Gasteiger partial charge on any atom is -0.381 e. The number of unbranched alkanes of at least 4 members (excludes halogenated alkanes) is 1. The Bertz CT molecular complexity index is 177. The molecule has 0 aromatic rings. The summed E-state index contributed by atoms with van der Waals surface area (Å²) in [5.41, 5.74) is 0.405. The summed E-state index contributed by atoms with van der Waals surface area (Å²) in [6, 6.07) is 0.684. The molecule has 1 aliphatic rings. The van der Waals surface area contributed by atoms with E-state index in [1.54, 1.807) is 0 Å². The first-order valence-electron chi connectivity index (χ1n) is 6.51. The van der Waals surface area contributed by atoms with Crippen molar-refractivity contribution in [2.24, 2.45) is 5.41 Å². The van der Waals surface area contributed by atoms with Crippen LogP contribution in [-0.2, 0) is 4.74 Å². The third-order valence-electron chi connectivity index (χ3n) is 4.31. The van der Waals surface area contributed by atoms with Crippen LogP contribution in [0.25, 0.3) is 0 Å². The van der Waals surface area contributed by atoms with E-state index in [0.717, 1.165) is 0 Å². The van der Waals surface area contributed by atoms with Gasteiger partial charge in [0.05, 0.1) is 6.10 Å². The van der Waals surface area contributed by atoms with Crippen molar-refractivity contribution >= 4 is 0 Å². The number of hydrogen-bond acceptors (Lipinski definition) is 2. The average Bonchev–Trinajstić information content (AvgIpc) is 2.24. The first kappa shape index (κ1) is 13.0. The van der Waals surface area contributed by atoms with E-state index in [4.69, 9.17) is 4.74 Å². The summed E-state index contributed by atoms with van der Waals surface area (Å²) in [5.74, 6) is 0. The molecule has 0 radical (unpaired) electrons. The van der Waals surface area contributed by atoms with Crippen LogP contribution in [0, 0.1) is 5.41 Å². The van der Waals surface area contributed by atoms with Crippen molar-refractivity contribution in [3.63, 3.8) is 0 Å². The summed E-state index contributed by atoms with van der Waals surface area (Å²) in [7, 11) is 1.85. The Kier molecular flexibility index (Phi) is 5.07. The molecule has 1 N–H and O–H groups in total. The highest BCUT2D eigenvalue weighted by Crippen LogP contribution is 2.48. The molecule has 90 valence electrons. The molecule has 0 amide bonds. The Morgan fingerprint density at radius 2 is 1.93 bits per heavy atom. The van der Waals surface area contributed by atoms with E-state index in [2.05, 4.69) is 26.1 Å². The fraction of sp³-hybridized carbons (Fsp3) is 1.00. The Morgan fingerprint density at radius 3 is 2.40 bits per heavy atom. The first-order valence-corrected chi connectivity index (χ1v) is 6.51. The van der Waals surface area contributed by atoms with E-state index in [1.807, 2.05) is 7.11 Å². The fourth-order valence-electron chi connectivity index (χ4n) is 3.02. The zero-order valence-electron chi connectivity index (χ0n) is 10.8. The molecule has 0 spiro atoms. The highest BCUT2D eigenvalue weighted by molar-refractivity contribution is 5.06. The van der Waals surface area contributed by atoms with E-state index in [-0.39, 0.29) is 0 Å². The molecule has 1 rings (SSSR count). The summed E-state index contributed by atoms with van der Waals surface area (Å²) in [5, 5.41) is 3.70. The fourth-order valence-corrected chi connectivity index (χ4v) is 3.02. The zero-order valence-corrected chi connectivity index (χ0v) is 10.8. The molecule has 15 heavy (non-hydrogen) atoms. The molecule has 2 atom stereocenters. The molecule has 0 heterocycles. The van der Waals surface area contributed by atoms with Gasteiger partial charge in [-0.05, 0) is 32.2 Å². The third kappa shape index (κ3) is 2.36. The van der Waals surface area contributed by atoms with E-state index in [1.165, 1.54) is 38.6 Å². The normalized spacial score (nSPS) is 28.8. The molecule has 0 aliphatic heterocycles. The van der Waals surface area contributed by atoms with Crippen LogP contribution in [0.4, 0.5) is 0 Å². The maximum absolute atomic E-state index is 5.58. The maximum Gasteiger partial charge on any atom is 0.0657 e. The van der Waals surface area contributed by atoms with Gasteiger partial charge in [0.25, 0.3) is 0 Å². The Labute approximate surface area is 94.8 Å². The lowest BCUT2D eigenvalue weighted by molar-refractivity contribution is -0.123. The Morgan fingerprint density at radius 1 is 1.27 bits per heavy atom. The van der Waals surface area contributed by atoms with Crippen molar-refractivity contribution in [1.82, 2.24) is 5.32 Å². The van der Waals surface area contributed by atoms with Crippen LogP contribution < -0.4 is 5.32 Å². The highest BCUT2D eigenvalue weighted by atomic mass is 16.5. The third-order valence-corrected chi connectivity index (χ3v) is 4.31. The zero-order chi connectivity index (χ0) is 11.3. The summed E-state index contributed by atoms with van der Waals surface area (Å²) in [4.78, 5) is 0. The van der Waals surface area contributed by atoms with Crippen LogP contribution in [0.3, 0.4) is 0 Å². The number of ether oxygens (including phenoxy) is 1. The molecule has 0 aromatic carbocycles. The van der Waals surface area contributed by atoms with Gasteiger partial charge < -0.3 is 10.1 Å². The molecule has 0 saturated heterocycles. The summed E-state index contributed by atoms with van der Waals surface area (Å²) < 4.78 is 5.58. The molecular formula is C13H27NO. The Balaban J connectivity index is 2.45. The van der Waals surface area contributed by atoms with E-state index >= 15 is 0 Å². The topological polar surface area (TPSA) is 21.3 Å². The second-order valence-corrected chi connectivity index (χ2v) is 4.76. The van der Waals surface area contributed by atoms with Gasteiger partial charge >= 0.3 is 0 Å². The molecule has 1 aliphatic carbocycles. The predicted octanol–water partition coefficient (Wildman–Crippen LogP) is 2.97. The first-order chi connectivity index (χ1) is 7.25. The van der Waals surface area contributed by atoms with Gasteiger partial charge in [0, 0.05) is 18.6 Å². The van der Waals surface area contributed by atoms with E-state index in [0.29, 0.717) is 17.6 Å². The molecule has 0 bridgehead atoms. The number of rotatable bonds is 7. The lowest BCUT2D eigenvalue weighted by Crippen LogP contribution is -2.63. The number of hydrogen-bond donors (Lipinski definition) is 1. The smallest absolute Gasteiger partial charge is 0.0657 e. The lowest BCUT2D eigenvalue weighted by Gasteiger charge is -2.55. The highest BCUT2D eigenvalue weighted by Gasteiger charge is 2.52. The van der Waals surface area contributed by atoms with Crippen molar-refractivity contribution in [3.8, 4) is 0 Å². The summed E-state index contributed by atoms with van der Waals surface area (Å²) in [6.07, 6.45) is 6.70. The summed E-state index contributed by atoms with van der Waals surface area (Å²) >= 11 is 0. The van der Waals surface area contributed by atoms with Crippen LogP contribution in [0.1, 0.15) is 52.9 Å². The molecule has 2 nitrogen and oxygen atoms in total. The van der Waals surface area contributed by atoms with Gasteiger partial charge in [0.1, 0.15) is 0 Å². The predicted molar refractivity (Wildman–Crippen MR) is 65.1 cm³/mol. The molecular weight excluding hydrogens is 186 g/mol. The van der Waals surface area contributed by atoms with Gasteiger partial charge in [-0.25, -0.2) is 0 Å². The number of nitrogens with one attached hydrogen (secondary N) is 1. The van der Waals surface area contributed by atoms with Crippen LogP contribution in [0.5, 0.6) is 0 Å². The minimum absolute atomic E-state index is 0.405. The van der Waals surface area contributed by atoms with Gasteiger partial charge in [0.2, 0.25) is 0 Å². The van der Waals surface area contributed by atoms with Gasteiger partial charge in [-0.2, -0.15) is 0 Å². The van der Waals surface area contributed by atoms with Crippen LogP contribution in [0.2, 0.25) is 0 Å². The van der Waals surface area contributed by atoms with Crippen molar-refractivity contribution in [1.29, 1.82) is 0 Å². The van der Waals surface area contributed by atoms with E-state index < -0.39 is 0 Å². The van der Waals surface area contributed by atoms with Gasteiger partial charge in [-0.15, -0.1) is 0 Å². The van der Waals surface area contributed by atoms with Gasteiger partial charge in [-0.1, -0.05) is 27.2 Å². The maximum atomic E-state index is 5.58. The van der Waals surface area contributed by atoms with Crippen molar-refractivity contribution in [2.45, 2.75) is 65.0 Å². The quantitative estimate of drug-likeness (QED) is 0.656. The monoisotopic (exact) mass is 213 g/mol. The van der Waals surface area contributed by atoms with Crippen LogP contribution >= 0.6 is 0 Å². The van der Waals surface area contributed by atoms with Crippen LogP contribution in [-0.4, -0.2) is 25.8 Å². The SMILES string of the molecule is CCCCNC1CC(OC)C1(CC)CC. The largest absolute Gasteiger partial charge is 0.381 e. The van der Waals surface area contributed by atoms with Crippen molar-refractivity contribution < 1.29 is 4.74 Å². The summed E-state index contributed by atoms with van der Waals surface area (Å²) in [6.45, 7) is 8.00. The van der Waals surface area contributed by atoms with Gasteiger partial charge in [-0.3, -0.25) is 0 Å². The van der Waals surface area contributed by atoms with Crippen LogP contribution in [0.15, 0.2) is 0 Å². The molecule has 2 unspecified atom stereocenters. The second-order valence-electron chi connectivity index (χ2n) is 4.76. The molecule has 1 saturated carbocycles. The molecule has 1 fully saturated rings. The molecule has 0 aromatic heterocycles.